The average molecular weight is 569 g/mol. The molecule has 0 aromatic heterocycles. The predicted molar refractivity (Wildman–Crippen MR) is 151 cm³/mol. The van der Waals surface area contributed by atoms with E-state index in [1.807, 2.05) is 6.92 Å². The van der Waals surface area contributed by atoms with Crippen molar-refractivity contribution in [3.63, 3.8) is 0 Å². The highest BCUT2D eigenvalue weighted by molar-refractivity contribution is 6.76. The van der Waals surface area contributed by atoms with Crippen LogP contribution in [0.2, 0.25) is 25.7 Å². The Morgan fingerprint density at radius 3 is 2.35 bits per heavy atom. The molecule has 2 aromatic rings. The molecule has 0 aliphatic heterocycles. The summed E-state index contributed by atoms with van der Waals surface area (Å²) in [7, 11) is -1.44. The molecule has 1 N–H and O–H groups in total. The Morgan fingerprint density at radius 1 is 1.02 bits per heavy atom. The molecule has 2 unspecified atom stereocenters. The van der Waals surface area contributed by atoms with Crippen LogP contribution >= 0.6 is 0 Å². The number of aromatic hydroxyl groups is 1. The number of benzene rings is 2. The lowest BCUT2D eigenvalue weighted by molar-refractivity contribution is -0.384. The van der Waals surface area contributed by atoms with E-state index in [1.54, 1.807) is 30.3 Å². The number of esters is 2. The van der Waals surface area contributed by atoms with Crippen LogP contribution in [0.1, 0.15) is 48.3 Å². The van der Waals surface area contributed by atoms with Crippen LogP contribution in [0.15, 0.2) is 47.6 Å². The monoisotopic (exact) mass is 568 g/mol. The van der Waals surface area contributed by atoms with Crippen LogP contribution in [0.3, 0.4) is 0 Å². The van der Waals surface area contributed by atoms with E-state index in [0.717, 1.165) is 17.2 Å². The second-order valence-corrected chi connectivity index (χ2v) is 17.2. The molecule has 0 radical (unpaired) electrons. The zero-order chi connectivity index (χ0) is 29.0. The summed E-state index contributed by atoms with van der Waals surface area (Å²) in [6.45, 7) is 9.11. The molecule has 5 rings (SSSR count). The van der Waals surface area contributed by atoms with Crippen LogP contribution in [0.4, 0.5) is 5.69 Å². The first-order valence-corrected chi connectivity index (χ1v) is 17.3. The van der Waals surface area contributed by atoms with E-state index >= 15 is 0 Å². The Balaban J connectivity index is 1.65. The van der Waals surface area contributed by atoms with E-state index in [9.17, 15) is 24.8 Å². The summed E-state index contributed by atoms with van der Waals surface area (Å²) in [4.78, 5) is 43.1. The minimum atomic E-state index is -1.44. The molecular formula is C29H36N2O8Si. The molecule has 4 atom stereocenters. The highest BCUT2D eigenvalue weighted by Crippen LogP contribution is 2.56. The molecule has 0 heterocycles. The highest BCUT2D eigenvalue weighted by atomic mass is 28.3. The quantitative estimate of drug-likeness (QED) is 0.162. The molecule has 3 aliphatic rings. The molecule has 2 aromatic carbocycles. The van der Waals surface area contributed by atoms with Crippen LogP contribution in [0, 0.1) is 22.0 Å². The topological polar surface area (TPSA) is 138 Å². The van der Waals surface area contributed by atoms with Gasteiger partial charge < -0.3 is 19.4 Å². The van der Waals surface area contributed by atoms with Crippen molar-refractivity contribution in [1.29, 1.82) is 0 Å². The smallest absolute Gasteiger partial charge is 0.310 e. The highest BCUT2D eigenvalue weighted by Gasteiger charge is 2.57. The Labute approximate surface area is 234 Å². The van der Waals surface area contributed by atoms with E-state index < -0.39 is 48.6 Å². The van der Waals surface area contributed by atoms with Crippen molar-refractivity contribution in [1.82, 2.24) is 0 Å². The van der Waals surface area contributed by atoms with E-state index in [0.29, 0.717) is 30.7 Å². The average Bonchev–Trinajstić information content (AvgIpc) is 2.90. The van der Waals surface area contributed by atoms with Gasteiger partial charge in [-0.15, -0.1) is 0 Å². The van der Waals surface area contributed by atoms with Crippen molar-refractivity contribution < 1.29 is 33.9 Å². The standard InChI is InChI=1S/C29H36N2O8Si/c1-5-12-37-29(34)27-25-22-15-20(32)10-11-21(22)23(26(27)28(33)38-13-14-40(2,3)4)16-24(25)30-39-17-18-6-8-19(9-7-18)31(35)36/h6-11,15,23,25-27,32H,5,12-14,16-17H2,1-4H3/b30-24+/t23?,25-,26?,27-/m1/s1. The first-order valence-electron chi connectivity index (χ1n) is 13.6. The van der Waals surface area contributed by atoms with Gasteiger partial charge >= 0.3 is 11.9 Å². The lowest BCUT2D eigenvalue weighted by atomic mass is 9.55. The van der Waals surface area contributed by atoms with Gasteiger partial charge in [0, 0.05) is 32.0 Å². The fourth-order valence-electron chi connectivity index (χ4n) is 5.43. The van der Waals surface area contributed by atoms with Crippen molar-refractivity contribution in [2.24, 2.45) is 17.0 Å². The molecule has 40 heavy (non-hydrogen) atoms. The molecule has 11 heteroatoms. The second kappa shape index (κ2) is 12.2. The number of phenols is 1. The Bertz CT molecular complexity index is 1290. The lowest BCUT2D eigenvalue weighted by Gasteiger charge is -2.47. The summed E-state index contributed by atoms with van der Waals surface area (Å²) in [5.41, 5.74) is 2.85. The molecular weight excluding hydrogens is 532 g/mol. The minimum Gasteiger partial charge on any atom is -0.508 e. The normalized spacial score (nSPS) is 22.4. The number of oxime groups is 1. The van der Waals surface area contributed by atoms with Crippen LogP contribution < -0.4 is 0 Å². The summed E-state index contributed by atoms with van der Waals surface area (Å²) in [6.07, 6.45) is 1.02. The number of rotatable bonds is 11. The first-order chi connectivity index (χ1) is 19.0. The van der Waals surface area contributed by atoms with Gasteiger partial charge in [0.1, 0.15) is 12.4 Å². The number of hydrogen-bond acceptors (Lipinski definition) is 9. The third kappa shape index (κ3) is 6.52. The van der Waals surface area contributed by atoms with Gasteiger partial charge in [-0.25, -0.2) is 0 Å². The van der Waals surface area contributed by atoms with Crippen LogP contribution in [0.25, 0.3) is 0 Å². The molecule has 1 fully saturated rings. The predicted octanol–water partition coefficient (Wildman–Crippen LogP) is 5.52. The van der Waals surface area contributed by atoms with Crippen molar-refractivity contribution in [3.05, 3.63) is 69.3 Å². The van der Waals surface area contributed by atoms with Gasteiger partial charge in [0.05, 0.1) is 35.7 Å². The Kier molecular flexibility index (Phi) is 8.92. The van der Waals surface area contributed by atoms with Gasteiger partial charge in [0.2, 0.25) is 0 Å². The van der Waals surface area contributed by atoms with Crippen molar-refractivity contribution in [2.75, 3.05) is 13.2 Å². The van der Waals surface area contributed by atoms with Gasteiger partial charge in [-0.2, -0.15) is 0 Å². The zero-order valence-corrected chi connectivity index (χ0v) is 24.3. The number of nitro groups is 1. The Hall–Kier alpha value is -3.73. The van der Waals surface area contributed by atoms with Crippen LogP contribution in [0.5, 0.6) is 5.75 Å². The summed E-state index contributed by atoms with van der Waals surface area (Å²) >= 11 is 0. The van der Waals surface area contributed by atoms with Gasteiger partial charge in [-0.1, -0.05) is 37.8 Å². The van der Waals surface area contributed by atoms with Gasteiger partial charge in [0.15, 0.2) is 0 Å². The number of carbonyl (C=O) groups is 2. The number of hydrogen-bond donors (Lipinski definition) is 1. The maximum atomic E-state index is 13.5. The lowest BCUT2D eigenvalue weighted by Crippen LogP contribution is -2.51. The maximum Gasteiger partial charge on any atom is 0.310 e. The minimum absolute atomic E-state index is 0.0210. The van der Waals surface area contributed by atoms with Crippen molar-refractivity contribution >= 4 is 31.4 Å². The van der Waals surface area contributed by atoms with Crippen molar-refractivity contribution in [2.45, 2.75) is 63.9 Å². The SMILES string of the molecule is CCCOC(=O)[C@H]1C(C(=O)OCC[Si](C)(C)C)C2C/C(=N\OCc3ccc([N+](=O)[O-])cc3)[C@H]1c1cc(O)ccc12. The molecule has 0 spiro atoms. The number of nitro benzene ring substituents is 1. The summed E-state index contributed by atoms with van der Waals surface area (Å²) < 4.78 is 11.3. The molecule has 0 amide bonds. The molecule has 1 saturated carbocycles. The fourth-order valence-corrected chi connectivity index (χ4v) is 6.15. The third-order valence-electron chi connectivity index (χ3n) is 7.42. The molecule has 2 bridgehead atoms. The third-order valence-corrected chi connectivity index (χ3v) is 9.13. The van der Waals surface area contributed by atoms with Crippen LogP contribution in [-0.2, 0) is 30.5 Å². The van der Waals surface area contributed by atoms with E-state index in [1.165, 1.54) is 12.1 Å². The molecule has 0 saturated heterocycles. The van der Waals surface area contributed by atoms with Gasteiger partial charge in [-0.3, -0.25) is 19.7 Å². The Morgan fingerprint density at radius 2 is 1.70 bits per heavy atom. The number of carbonyl (C=O) groups excluding carboxylic acids is 2. The zero-order valence-electron chi connectivity index (χ0n) is 23.3. The van der Waals surface area contributed by atoms with Crippen LogP contribution in [-0.4, -0.2) is 49.0 Å². The largest absolute Gasteiger partial charge is 0.508 e. The van der Waals surface area contributed by atoms with Gasteiger partial charge in [0.25, 0.3) is 5.69 Å². The van der Waals surface area contributed by atoms with Crippen molar-refractivity contribution in [3.8, 4) is 5.75 Å². The summed E-state index contributed by atoms with van der Waals surface area (Å²) in [6, 6.07) is 11.8. The number of ether oxygens (including phenoxy) is 2. The second-order valence-electron chi connectivity index (χ2n) is 11.6. The number of fused-ring (bicyclic) bond motifs is 2. The molecule has 214 valence electrons. The maximum absolute atomic E-state index is 13.5. The fraction of sp³-hybridized carbons (Fsp3) is 0.483. The number of nitrogens with zero attached hydrogens (tertiary/aromatic N) is 2. The first kappa shape index (κ1) is 29.3. The number of phenolic OH excluding ortho intramolecular Hbond substituents is 1. The van der Waals surface area contributed by atoms with E-state index in [2.05, 4.69) is 24.8 Å². The summed E-state index contributed by atoms with van der Waals surface area (Å²) in [5.74, 6) is -3.53. The number of non-ortho nitro benzene ring substituents is 1. The molecule has 3 aliphatic carbocycles. The van der Waals surface area contributed by atoms with E-state index in [4.69, 9.17) is 14.3 Å². The molecule has 10 nitrogen and oxygen atoms in total. The summed E-state index contributed by atoms with van der Waals surface area (Å²) in [5, 5.41) is 25.6. The van der Waals surface area contributed by atoms with Gasteiger partial charge in [-0.05, 0) is 59.8 Å². The van der Waals surface area contributed by atoms with E-state index in [-0.39, 0.29) is 24.7 Å².